The molecule has 8 N–H and O–H groups in total. The van der Waals surface area contributed by atoms with Crippen molar-refractivity contribution in [3.05, 3.63) is 0 Å². The van der Waals surface area contributed by atoms with Gasteiger partial charge in [0, 0.05) is 0 Å². The highest BCUT2D eigenvalue weighted by Gasteiger charge is 2.33. The molecule has 3 amide bonds. The van der Waals surface area contributed by atoms with Gasteiger partial charge in [0.1, 0.15) is 12.1 Å². The molecule has 0 rings (SSSR count). The summed E-state index contributed by atoms with van der Waals surface area (Å²) in [5.74, 6) is -3.04. The van der Waals surface area contributed by atoms with Gasteiger partial charge in [0.05, 0.1) is 18.2 Å². The lowest BCUT2D eigenvalue weighted by atomic mass is 10.0. The van der Waals surface area contributed by atoms with Gasteiger partial charge in [-0.3, -0.25) is 14.4 Å². The van der Waals surface area contributed by atoms with Crippen molar-refractivity contribution in [1.82, 2.24) is 16.0 Å². The largest absolute Gasteiger partial charge is 0.480 e. The molecule has 0 radical (unpaired) electrons. The maximum atomic E-state index is 12.7. The summed E-state index contributed by atoms with van der Waals surface area (Å²) >= 11 is 1.41. The summed E-state index contributed by atoms with van der Waals surface area (Å²) < 4.78 is 0. The van der Waals surface area contributed by atoms with Crippen LogP contribution < -0.4 is 21.7 Å². The van der Waals surface area contributed by atoms with Crippen LogP contribution in [0.25, 0.3) is 0 Å². The third-order valence-electron chi connectivity index (χ3n) is 4.41. The normalized spacial score (nSPS) is 17.1. The highest BCUT2D eigenvalue weighted by molar-refractivity contribution is 7.98. The molecule has 0 bridgehead atoms. The average Bonchev–Trinajstić information content (AvgIpc) is 2.65. The second-order valence-corrected chi connectivity index (χ2v) is 8.86. The molecule has 0 saturated carbocycles. The van der Waals surface area contributed by atoms with Crippen molar-refractivity contribution in [2.75, 3.05) is 12.0 Å². The molecule has 6 unspecified atom stereocenters. The molecule has 6 atom stereocenters. The van der Waals surface area contributed by atoms with Gasteiger partial charge in [-0.15, -0.1) is 0 Å². The van der Waals surface area contributed by atoms with Gasteiger partial charge in [0.15, 0.2) is 6.04 Å². The molecular weight excluding hydrogens is 428 g/mol. The molecule has 0 aromatic heterocycles. The zero-order chi connectivity index (χ0) is 24.3. The summed E-state index contributed by atoms with van der Waals surface area (Å²) in [6, 6.07) is -4.92. The lowest BCUT2D eigenvalue weighted by Gasteiger charge is -2.27. The Bertz CT molecular complexity index is 616. The first kappa shape index (κ1) is 29.1. The smallest absolute Gasteiger partial charge is 0.328 e. The second-order valence-electron chi connectivity index (χ2n) is 7.87. The molecule has 0 heterocycles. The fraction of sp³-hybridized carbons (Fsp3) is 0.789. The van der Waals surface area contributed by atoms with Gasteiger partial charge in [-0.1, -0.05) is 13.8 Å². The standard InChI is InChI=1S/C19H36N4O7S/c1-9(2)8-12(20)16(26)22-14(10(3)24)18(28)21-13(6-7-31-5)17(27)23-15(11(4)25)19(29)30/h9-15,24-25H,6-8,20H2,1-5H3,(H,21,28)(H,22,26)(H,23,27)(H,29,30). The maximum absolute atomic E-state index is 12.7. The third kappa shape index (κ3) is 10.8. The fourth-order valence-corrected chi connectivity index (χ4v) is 3.16. The Balaban J connectivity index is 5.36. The van der Waals surface area contributed by atoms with Crippen LogP contribution in [0.3, 0.4) is 0 Å². The number of hydrogen-bond acceptors (Lipinski definition) is 8. The van der Waals surface area contributed by atoms with Crippen LogP contribution in [0.15, 0.2) is 0 Å². The molecule has 0 spiro atoms. The van der Waals surface area contributed by atoms with Crippen molar-refractivity contribution in [3.8, 4) is 0 Å². The lowest BCUT2D eigenvalue weighted by Crippen LogP contribution is -2.60. The van der Waals surface area contributed by atoms with Crippen molar-refractivity contribution in [2.45, 2.75) is 76.9 Å². The first-order valence-electron chi connectivity index (χ1n) is 10.1. The van der Waals surface area contributed by atoms with E-state index in [9.17, 15) is 29.4 Å². The van der Waals surface area contributed by atoms with Crippen LogP contribution in [-0.2, 0) is 19.2 Å². The van der Waals surface area contributed by atoms with Crippen molar-refractivity contribution >= 4 is 35.5 Å². The van der Waals surface area contributed by atoms with Crippen LogP contribution in [0.5, 0.6) is 0 Å². The number of aliphatic hydroxyl groups is 2. The first-order chi connectivity index (χ1) is 14.3. The van der Waals surface area contributed by atoms with Crippen LogP contribution in [0.1, 0.15) is 40.5 Å². The molecule has 0 aliphatic rings. The quantitative estimate of drug-likeness (QED) is 0.159. The van der Waals surface area contributed by atoms with E-state index in [-0.39, 0.29) is 12.3 Å². The van der Waals surface area contributed by atoms with Crippen LogP contribution in [0.4, 0.5) is 0 Å². The number of aliphatic carboxylic acids is 1. The molecule has 31 heavy (non-hydrogen) atoms. The topological polar surface area (TPSA) is 191 Å². The molecule has 0 fully saturated rings. The van der Waals surface area contributed by atoms with E-state index in [2.05, 4.69) is 16.0 Å². The van der Waals surface area contributed by atoms with Crippen LogP contribution in [-0.4, -0.2) is 87.4 Å². The van der Waals surface area contributed by atoms with E-state index < -0.39 is 60.1 Å². The van der Waals surface area contributed by atoms with Crippen molar-refractivity contribution in [3.63, 3.8) is 0 Å². The van der Waals surface area contributed by atoms with Crippen molar-refractivity contribution < 1.29 is 34.5 Å². The number of rotatable bonds is 14. The Hall–Kier alpha value is -1.89. The predicted molar refractivity (Wildman–Crippen MR) is 117 cm³/mol. The zero-order valence-corrected chi connectivity index (χ0v) is 19.4. The van der Waals surface area contributed by atoms with Gasteiger partial charge in [-0.05, 0) is 44.6 Å². The Morgan fingerprint density at radius 2 is 1.39 bits per heavy atom. The number of nitrogens with two attached hydrogens (primary N) is 1. The first-order valence-corrected chi connectivity index (χ1v) is 11.5. The number of aliphatic hydroxyl groups excluding tert-OH is 2. The monoisotopic (exact) mass is 464 g/mol. The Kier molecular flexibility index (Phi) is 13.4. The summed E-state index contributed by atoms with van der Waals surface area (Å²) in [4.78, 5) is 48.8. The van der Waals surface area contributed by atoms with Crippen molar-refractivity contribution in [1.29, 1.82) is 0 Å². The number of nitrogens with one attached hydrogen (secondary N) is 3. The number of carbonyl (C=O) groups is 4. The summed E-state index contributed by atoms with van der Waals surface area (Å²) in [5.41, 5.74) is 5.82. The zero-order valence-electron chi connectivity index (χ0n) is 18.6. The second kappa shape index (κ2) is 14.2. The Labute approximate surface area is 186 Å². The number of carboxylic acid groups (broad SMARTS) is 1. The van der Waals surface area contributed by atoms with E-state index in [1.807, 2.05) is 13.8 Å². The molecule has 180 valence electrons. The lowest BCUT2D eigenvalue weighted by molar-refractivity contribution is -0.145. The number of hydrogen-bond donors (Lipinski definition) is 7. The summed E-state index contributed by atoms with van der Waals surface area (Å²) in [6.45, 7) is 6.30. The average molecular weight is 465 g/mol. The number of amides is 3. The van der Waals surface area contributed by atoms with E-state index >= 15 is 0 Å². The molecule has 0 aliphatic heterocycles. The molecule has 12 heteroatoms. The minimum absolute atomic E-state index is 0.148. The van der Waals surface area contributed by atoms with Gasteiger partial charge in [-0.25, -0.2) is 4.79 Å². The van der Waals surface area contributed by atoms with E-state index in [1.165, 1.54) is 25.6 Å². The molecule has 0 aromatic carbocycles. The van der Waals surface area contributed by atoms with E-state index in [0.717, 1.165) is 0 Å². The summed E-state index contributed by atoms with van der Waals surface area (Å²) in [6.07, 6.45) is -0.289. The van der Waals surface area contributed by atoms with Crippen LogP contribution in [0, 0.1) is 5.92 Å². The Morgan fingerprint density at radius 1 is 0.871 bits per heavy atom. The molecule has 0 aliphatic carbocycles. The van der Waals surface area contributed by atoms with Crippen molar-refractivity contribution in [2.24, 2.45) is 11.7 Å². The van der Waals surface area contributed by atoms with Crippen LogP contribution >= 0.6 is 11.8 Å². The number of carbonyl (C=O) groups excluding carboxylic acids is 3. The van der Waals surface area contributed by atoms with E-state index in [0.29, 0.717) is 12.2 Å². The number of thioether (sulfide) groups is 1. The molecule has 11 nitrogen and oxygen atoms in total. The van der Waals surface area contributed by atoms with E-state index in [4.69, 9.17) is 10.8 Å². The van der Waals surface area contributed by atoms with Crippen LogP contribution in [0.2, 0.25) is 0 Å². The Morgan fingerprint density at radius 3 is 1.81 bits per heavy atom. The minimum atomic E-state index is -1.55. The highest BCUT2D eigenvalue weighted by Crippen LogP contribution is 2.06. The summed E-state index contributed by atoms with van der Waals surface area (Å²) in [7, 11) is 0. The van der Waals surface area contributed by atoms with Gasteiger partial charge in [-0.2, -0.15) is 11.8 Å². The van der Waals surface area contributed by atoms with Gasteiger partial charge < -0.3 is 37.0 Å². The molecular formula is C19H36N4O7S. The fourth-order valence-electron chi connectivity index (χ4n) is 2.69. The molecule has 0 saturated heterocycles. The summed E-state index contributed by atoms with van der Waals surface area (Å²) in [5, 5.41) is 35.7. The van der Waals surface area contributed by atoms with Gasteiger partial charge in [0.25, 0.3) is 0 Å². The minimum Gasteiger partial charge on any atom is -0.480 e. The highest BCUT2D eigenvalue weighted by atomic mass is 32.2. The third-order valence-corrected chi connectivity index (χ3v) is 5.06. The number of carboxylic acids is 1. The SMILES string of the molecule is CSCCC(NC(=O)C(NC(=O)C(N)CC(C)C)C(C)O)C(=O)NC(C(=O)O)C(C)O. The van der Waals surface area contributed by atoms with Gasteiger partial charge in [0.2, 0.25) is 17.7 Å². The van der Waals surface area contributed by atoms with E-state index in [1.54, 1.807) is 6.26 Å². The molecule has 0 aromatic rings. The maximum Gasteiger partial charge on any atom is 0.328 e. The predicted octanol–water partition coefficient (Wildman–Crippen LogP) is -1.59. The van der Waals surface area contributed by atoms with Gasteiger partial charge >= 0.3 is 5.97 Å².